The van der Waals surface area contributed by atoms with Gasteiger partial charge in [-0.1, -0.05) is 77.5 Å². The molecule has 164 valence electrons. The average Bonchev–Trinajstić information content (AvgIpc) is 3.27. The first-order chi connectivity index (χ1) is 15.9. The quantitative estimate of drug-likeness (QED) is 0.208. The molecule has 0 N–H and O–H groups in total. The van der Waals surface area contributed by atoms with Gasteiger partial charge in [-0.25, -0.2) is 4.39 Å². The molecule has 0 spiro atoms. The zero-order chi connectivity index (χ0) is 23.1. The lowest BCUT2D eigenvalue weighted by Gasteiger charge is -2.14. The van der Waals surface area contributed by atoms with Gasteiger partial charge in [0, 0.05) is 39.3 Å². The molecule has 3 aromatic carbocycles. The summed E-state index contributed by atoms with van der Waals surface area (Å²) in [6.45, 7) is 0.550. The highest BCUT2D eigenvalue weighted by atomic mass is 35.5. The van der Waals surface area contributed by atoms with Crippen LogP contribution < -0.4 is 4.90 Å². The monoisotopic (exact) mass is 512 g/mol. The number of hydrogen-bond donors (Lipinski definition) is 0. The van der Waals surface area contributed by atoms with Gasteiger partial charge in [0.05, 0.1) is 10.6 Å². The third-order valence-corrected chi connectivity index (χ3v) is 7.21. The number of thiocarbonyl (C=S) groups is 1. The molecule has 3 nitrogen and oxygen atoms in total. The standard InChI is InChI=1S/C25H15Cl2FN2OS2/c26-17-9-8-15(21(27)11-17)13-29-14-16(20-6-1-2-7-22(20)29)10-23-24(31)30(25(32)33-23)19-5-3-4-18(28)12-19/h1-12,14H,13H2/b23-10-. The number of fused-ring (bicyclic) bond motifs is 1. The number of thioether (sulfide) groups is 1. The molecule has 8 heteroatoms. The Morgan fingerprint density at radius 3 is 2.64 bits per heavy atom. The van der Waals surface area contributed by atoms with Crippen molar-refractivity contribution in [2.45, 2.75) is 6.54 Å². The number of para-hydroxylation sites is 1. The lowest BCUT2D eigenvalue weighted by atomic mass is 10.1. The van der Waals surface area contributed by atoms with Gasteiger partial charge < -0.3 is 4.57 Å². The summed E-state index contributed by atoms with van der Waals surface area (Å²) >= 11 is 19.1. The van der Waals surface area contributed by atoms with E-state index in [0.717, 1.165) is 22.0 Å². The summed E-state index contributed by atoms with van der Waals surface area (Å²) in [5.74, 6) is -0.692. The number of halogens is 3. The van der Waals surface area contributed by atoms with Gasteiger partial charge in [0.2, 0.25) is 0 Å². The van der Waals surface area contributed by atoms with Crippen molar-refractivity contribution < 1.29 is 9.18 Å². The first kappa shape index (κ1) is 22.2. The summed E-state index contributed by atoms with van der Waals surface area (Å²) in [4.78, 5) is 15.0. The maximum absolute atomic E-state index is 13.7. The Kier molecular flexibility index (Phi) is 6.01. The molecule has 1 amide bonds. The zero-order valence-electron chi connectivity index (χ0n) is 17.0. The molecule has 5 rings (SSSR count). The molecule has 1 aliphatic rings. The summed E-state index contributed by atoms with van der Waals surface area (Å²) in [6.07, 6.45) is 3.82. The van der Waals surface area contributed by atoms with Crippen molar-refractivity contribution in [2.24, 2.45) is 0 Å². The maximum Gasteiger partial charge on any atom is 0.270 e. The minimum atomic E-state index is -0.422. The zero-order valence-corrected chi connectivity index (χ0v) is 20.1. The molecule has 0 unspecified atom stereocenters. The maximum atomic E-state index is 13.7. The van der Waals surface area contributed by atoms with Crippen LogP contribution in [-0.2, 0) is 11.3 Å². The number of carbonyl (C=O) groups is 1. The second kappa shape index (κ2) is 8.95. The predicted molar refractivity (Wildman–Crippen MR) is 140 cm³/mol. The molecule has 1 aliphatic heterocycles. The van der Waals surface area contributed by atoms with Crippen LogP contribution in [0.4, 0.5) is 10.1 Å². The van der Waals surface area contributed by atoms with E-state index in [0.29, 0.717) is 31.5 Å². The lowest BCUT2D eigenvalue weighted by molar-refractivity contribution is -0.113. The Balaban J connectivity index is 1.53. The molecule has 1 saturated heterocycles. The van der Waals surface area contributed by atoms with E-state index in [1.54, 1.807) is 18.2 Å². The fourth-order valence-electron chi connectivity index (χ4n) is 3.80. The van der Waals surface area contributed by atoms with Crippen molar-refractivity contribution in [3.05, 3.63) is 105 Å². The lowest BCUT2D eigenvalue weighted by Crippen LogP contribution is -2.27. The molecule has 0 bridgehead atoms. The number of amides is 1. The van der Waals surface area contributed by atoms with Crippen LogP contribution in [0.2, 0.25) is 10.0 Å². The Hall–Kier alpha value is -2.64. The van der Waals surface area contributed by atoms with Crippen molar-refractivity contribution in [2.75, 3.05) is 4.90 Å². The number of carbonyl (C=O) groups excluding carboxylic acids is 1. The van der Waals surface area contributed by atoms with E-state index in [4.69, 9.17) is 35.4 Å². The van der Waals surface area contributed by atoms with Crippen LogP contribution in [0.3, 0.4) is 0 Å². The van der Waals surface area contributed by atoms with Crippen LogP contribution in [0.5, 0.6) is 0 Å². The molecule has 0 saturated carbocycles. The minimum Gasteiger partial charge on any atom is -0.342 e. The van der Waals surface area contributed by atoms with Gasteiger partial charge in [-0.15, -0.1) is 0 Å². The molecule has 0 aliphatic carbocycles. The van der Waals surface area contributed by atoms with E-state index in [9.17, 15) is 9.18 Å². The molecule has 1 fully saturated rings. The van der Waals surface area contributed by atoms with Gasteiger partial charge >= 0.3 is 0 Å². The van der Waals surface area contributed by atoms with Crippen molar-refractivity contribution in [3.63, 3.8) is 0 Å². The molecule has 0 radical (unpaired) electrons. The van der Waals surface area contributed by atoms with Crippen molar-refractivity contribution in [1.82, 2.24) is 4.57 Å². The Labute approximate surface area is 209 Å². The van der Waals surface area contributed by atoms with E-state index in [2.05, 4.69) is 4.57 Å². The second-order valence-electron chi connectivity index (χ2n) is 7.46. The summed E-state index contributed by atoms with van der Waals surface area (Å²) in [6, 6.07) is 19.3. The Morgan fingerprint density at radius 1 is 1.03 bits per heavy atom. The molecule has 0 atom stereocenters. The van der Waals surface area contributed by atoms with Gasteiger partial charge in [-0.2, -0.15) is 0 Å². The van der Waals surface area contributed by atoms with Crippen LogP contribution in [-0.4, -0.2) is 14.8 Å². The Morgan fingerprint density at radius 2 is 1.85 bits per heavy atom. The number of anilines is 1. The van der Waals surface area contributed by atoms with Crippen molar-refractivity contribution in [1.29, 1.82) is 0 Å². The van der Waals surface area contributed by atoms with Crippen LogP contribution >= 0.6 is 47.2 Å². The Bertz CT molecular complexity index is 1460. The van der Waals surface area contributed by atoms with E-state index in [1.807, 2.05) is 48.7 Å². The van der Waals surface area contributed by atoms with Gasteiger partial charge in [0.15, 0.2) is 4.32 Å². The van der Waals surface area contributed by atoms with E-state index < -0.39 is 5.82 Å². The molecule has 2 heterocycles. The third kappa shape index (κ3) is 4.32. The van der Waals surface area contributed by atoms with E-state index in [-0.39, 0.29) is 5.91 Å². The largest absolute Gasteiger partial charge is 0.342 e. The van der Waals surface area contributed by atoms with E-state index in [1.165, 1.54) is 28.8 Å². The topological polar surface area (TPSA) is 25.2 Å². The van der Waals surface area contributed by atoms with Gasteiger partial charge in [0.1, 0.15) is 5.82 Å². The van der Waals surface area contributed by atoms with Crippen molar-refractivity contribution in [3.8, 4) is 0 Å². The normalized spacial score (nSPS) is 15.2. The second-order valence-corrected chi connectivity index (χ2v) is 9.98. The SMILES string of the molecule is O=C1/C(=C/c2cn(Cc3ccc(Cl)cc3Cl)c3ccccc23)SC(=S)N1c1cccc(F)c1. The fourth-order valence-corrected chi connectivity index (χ4v) is 5.56. The first-order valence-corrected chi connectivity index (χ1v) is 11.9. The molecular weight excluding hydrogens is 498 g/mol. The number of nitrogens with zero attached hydrogens (tertiary/aromatic N) is 2. The molecule has 1 aromatic heterocycles. The first-order valence-electron chi connectivity index (χ1n) is 9.96. The van der Waals surface area contributed by atoms with E-state index >= 15 is 0 Å². The smallest absolute Gasteiger partial charge is 0.270 e. The molecule has 33 heavy (non-hydrogen) atoms. The number of aromatic nitrogens is 1. The van der Waals surface area contributed by atoms with Crippen molar-refractivity contribution >= 4 is 80.1 Å². The third-order valence-electron chi connectivity index (χ3n) is 5.32. The predicted octanol–water partition coefficient (Wildman–Crippen LogP) is 7.54. The number of rotatable bonds is 4. The molecule has 4 aromatic rings. The average molecular weight is 513 g/mol. The van der Waals surface area contributed by atoms with Crippen LogP contribution in [0.25, 0.3) is 17.0 Å². The highest BCUT2D eigenvalue weighted by Gasteiger charge is 2.33. The number of benzene rings is 3. The highest BCUT2D eigenvalue weighted by molar-refractivity contribution is 8.27. The summed E-state index contributed by atoms with van der Waals surface area (Å²) in [5, 5.41) is 2.18. The minimum absolute atomic E-state index is 0.270. The van der Waals surface area contributed by atoms with Crippen LogP contribution in [0, 0.1) is 5.82 Å². The highest BCUT2D eigenvalue weighted by Crippen LogP contribution is 2.37. The number of hydrogen-bond acceptors (Lipinski definition) is 3. The summed E-state index contributed by atoms with van der Waals surface area (Å²) < 4.78 is 16.2. The van der Waals surface area contributed by atoms with Gasteiger partial charge in [0.25, 0.3) is 5.91 Å². The summed E-state index contributed by atoms with van der Waals surface area (Å²) in [5.41, 5.74) is 3.25. The van der Waals surface area contributed by atoms with Crippen LogP contribution in [0.1, 0.15) is 11.1 Å². The van der Waals surface area contributed by atoms with Crippen LogP contribution in [0.15, 0.2) is 77.8 Å². The fraction of sp³-hybridized carbons (Fsp3) is 0.0400. The summed E-state index contributed by atoms with van der Waals surface area (Å²) in [7, 11) is 0. The van der Waals surface area contributed by atoms with Gasteiger partial charge in [-0.3, -0.25) is 9.69 Å². The molecular formula is C25H15Cl2FN2OS2. The van der Waals surface area contributed by atoms with Gasteiger partial charge in [-0.05, 0) is 48.0 Å².